The van der Waals surface area contributed by atoms with Crippen molar-refractivity contribution in [3.8, 4) is 6.07 Å². The predicted molar refractivity (Wildman–Crippen MR) is 72.0 cm³/mol. The molecule has 0 aromatic carbocycles. The van der Waals surface area contributed by atoms with Crippen molar-refractivity contribution in [2.45, 2.75) is 24.5 Å². The molecule has 1 aliphatic rings. The summed E-state index contributed by atoms with van der Waals surface area (Å²) in [7, 11) is 0. The number of hydrogen-bond acceptors (Lipinski definition) is 5. The van der Waals surface area contributed by atoms with Crippen LogP contribution in [0.2, 0.25) is 0 Å². The van der Waals surface area contributed by atoms with Crippen LogP contribution in [0, 0.1) is 11.3 Å². The van der Waals surface area contributed by atoms with Crippen molar-refractivity contribution < 1.29 is 0 Å². The standard InChI is InChI=1S/C12H16N4S/c1-12(4-2-6-17-12)8-16-11-10(14)9(7-13)3-5-15-11/h3,5H,2,4,6,8,14H2,1H3,(H,15,16). The van der Waals surface area contributed by atoms with Gasteiger partial charge < -0.3 is 11.1 Å². The van der Waals surface area contributed by atoms with Crippen LogP contribution in [0.25, 0.3) is 0 Å². The molecule has 90 valence electrons. The maximum absolute atomic E-state index is 8.88. The second-order valence-corrected chi connectivity index (χ2v) is 6.17. The van der Waals surface area contributed by atoms with Gasteiger partial charge in [0.05, 0.1) is 11.3 Å². The molecule has 2 heterocycles. The third-order valence-corrected chi connectivity index (χ3v) is 4.58. The monoisotopic (exact) mass is 248 g/mol. The van der Waals surface area contributed by atoms with Gasteiger partial charge in [0.25, 0.3) is 0 Å². The summed E-state index contributed by atoms with van der Waals surface area (Å²) in [6.45, 7) is 3.09. The van der Waals surface area contributed by atoms with Crippen LogP contribution >= 0.6 is 11.8 Å². The summed E-state index contributed by atoms with van der Waals surface area (Å²) < 4.78 is 0.261. The molecule has 1 aromatic heterocycles. The largest absolute Gasteiger partial charge is 0.395 e. The topological polar surface area (TPSA) is 74.7 Å². The number of nitrogens with one attached hydrogen (secondary N) is 1. The van der Waals surface area contributed by atoms with Gasteiger partial charge in [0.2, 0.25) is 0 Å². The van der Waals surface area contributed by atoms with E-state index >= 15 is 0 Å². The normalized spacial score (nSPS) is 23.3. The summed E-state index contributed by atoms with van der Waals surface area (Å²) in [4.78, 5) is 4.18. The zero-order valence-corrected chi connectivity index (χ0v) is 10.7. The van der Waals surface area contributed by atoms with E-state index in [9.17, 15) is 0 Å². The molecule has 0 amide bonds. The highest BCUT2D eigenvalue weighted by Gasteiger charge is 2.29. The Balaban J connectivity index is 2.07. The number of nitrogens with two attached hydrogens (primary N) is 1. The fourth-order valence-corrected chi connectivity index (χ4v) is 3.20. The number of anilines is 2. The molecule has 4 nitrogen and oxygen atoms in total. The van der Waals surface area contributed by atoms with Gasteiger partial charge in [-0.1, -0.05) is 0 Å². The summed E-state index contributed by atoms with van der Waals surface area (Å²) in [6.07, 6.45) is 4.09. The smallest absolute Gasteiger partial charge is 0.150 e. The lowest BCUT2D eigenvalue weighted by Gasteiger charge is -2.23. The number of nitrogens with zero attached hydrogens (tertiary/aromatic N) is 2. The van der Waals surface area contributed by atoms with Crippen LogP contribution in [-0.4, -0.2) is 22.0 Å². The van der Waals surface area contributed by atoms with Gasteiger partial charge in [0.15, 0.2) is 5.82 Å². The van der Waals surface area contributed by atoms with E-state index in [4.69, 9.17) is 11.0 Å². The second-order valence-electron chi connectivity index (χ2n) is 4.49. The molecule has 2 rings (SSSR count). The lowest BCUT2D eigenvalue weighted by Crippen LogP contribution is -2.27. The number of pyridine rings is 1. The van der Waals surface area contributed by atoms with Crippen molar-refractivity contribution in [3.63, 3.8) is 0 Å². The summed E-state index contributed by atoms with van der Waals surface area (Å²) in [5.41, 5.74) is 6.79. The van der Waals surface area contributed by atoms with E-state index in [2.05, 4.69) is 23.3 Å². The fraction of sp³-hybridized carbons (Fsp3) is 0.500. The van der Waals surface area contributed by atoms with E-state index < -0.39 is 0 Å². The van der Waals surface area contributed by atoms with Gasteiger partial charge in [0.1, 0.15) is 6.07 Å². The molecule has 1 unspecified atom stereocenters. The first-order valence-corrected chi connectivity index (χ1v) is 6.66. The molecule has 5 heteroatoms. The van der Waals surface area contributed by atoms with Crippen LogP contribution in [0.15, 0.2) is 12.3 Å². The van der Waals surface area contributed by atoms with Crippen molar-refractivity contribution in [3.05, 3.63) is 17.8 Å². The minimum atomic E-state index is 0.261. The highest BCUT2D eigenvalue weighted by atomic mass is 32.2. The highest BCUT2D eigenvalue weighted by Crippen LogP contribution is 2.37. The maximum Gasteiger partial charge on any atom is 0.150 e. The predicted octanol–water partition coefficient (Wildman–Crippen LogP) is 2.23. The Hall–Kier alpha value is -1.41. The Morgan fingerprint density at radius 1 is 1.71 bits per heavy atom. The number of hydrogen-bond donors (Lipinski definition) is 2. The third-order valence-electron chi connectivity index (χ3n) is 3.04. The average molecular weight is 248 g/mol. The molecule has 0 spiro atoms. The Kier molecular flexibility index (Phi) is 3.43. The van der Waals surface area contributed by atoms with Gasteiger partial charge in [-0.05, 0) is 31.6 Å². The van der Waals surface area contributed by atoms with Crippen molar-refractivity contribution in [2.75, 3.05) is 23.3 Å². The molecule has 3 N–H and O–H groups in total. The first-order chi connectivity index (χ1) is 8.14. The van der Waals surface area contributed by atoms with Crippen LogP contribution in [-0.2, 0) is 0 Å². The Morgan fingerprint density at radius 2 is 2.53 bits per heavy atom. The molecule has 0 radical (unpaired) electrons. The number of aromatic nitrogens is 1. The van der Waals surface area contributed by atoms with Gasteiger partial charge in [-0.25, -0.2) is 4.98 Å². The van der Waals surface area contributed by atoms with Crippen LogP contribution < -0.4 is 11.1 Å². The summed E-state index contributed by atoms with van der Waals surface area (Å²) in [5.74, 6) is 1.84. The van der Waals surface area contributed by atoms with E-state index in [1.165, 1.54) is 18.6 Å². The van der Waals surface area contributed by atoms with Crippen molar-refractivity contribution >= 4 is 23.3 Å². The molecule has 0 saturated carbocycles. The van der Waals surface area contributed by atoms with Gasteiger partial charge in [0, 0.05) is 17.5 Å². The van der Waals surface area contributed by atoms with E-state index in [1.807, 2.05) is 11.8 Å². The zero-order valence-electron chi connectivity index (χ0n) is 9.86. The van der Waals surface area contributed by atoms with Crippen LogP contribution in [0.3, 0.4) is 0 Å². The zero-order chi connectivity index (χ0) is 12.3. The first-order valence-electron chi connectivity index (χ1n) is 5.67. The molecule has 0 bridgehead atoms. The number of nitrogen functional groups attached to an aromatic ring is 1. The van der Waals surface area contributed by atoms with E-state index in [-0.39, 0.29) is 4.75 Å². The molecular weight excluding hydrogens is 232 g/mol. The molecule has 1 fully saturated rings. The quantitative estimate of drug-likeness (QED) is 0.858. The number of rotatable bonds is 3. The Labute approximate surface area is 106 Å². The Morgan fingerprint density at radius 3 is 3.18 bits per heavy atom. The summed E-state index contributed by atoms with van der Waals surface area (Å²) in [6, 6.07) is 3.69. The van der Waals surface area contributed by atoms with E-state index in [0.29, 0.717) is 17.1 Å². The molecule has 17 heavy (non-hydrogen) atoms. The first kappa shape index (κ1) is 12.1. The molecule has 1 aliphatic heterocycles. The highest BCUT2D eigenvalue weighted by molar-refractivity contribution is 8.00. The lowest BCUT2D eigenvalue weighted by molar-refractivity contribution is 0.634. The van der Waals surface area contributed by atoms with Crippen molar-refractivity contribution in [2.24, 2.45) is 0 Å². The molecule has 0 aliphatic carbocycles. The molecule has 1 saturated heterocycles. The van der Waals surface area contributed by atoms with Crippen LogP contribution in [0.5, 0.6) is 0 Å². The Bertz CT molecular complexity index is 446. The van der Waals surface area contributed by atoms with E-state index in [1.54, 1.807) is 12.3 Å². The molecule has 1 atom stereocenters. The van der Waals surface area contributed by atoms with Crippen LogP contribution in [0.1, 0.15) is 25.3 Å². The second kappa shape index (κ2) is 4.84. The maximum atomic E-state index is 8.88. The van der Waals surface area contributed by atoms with Crippen LogP contribution in [0.4, 0.5) is 11.5 Å². The van der Waals surface area contributed by atoms with Crippen molar-refractivity contribution in [1.82, 2.24) is 4.98 Å². The third kappa shape index (κ3) is 2.64. The van der Waals surface area contributed by atoms with Gasteiger partial charge in [-0.2, -0.15) is 17.0 Å². The lowest BCUT2D eigenvalue weighted by atomic mass is 10.1. The minimum absolute atomic E-state index is 0.261. The molecule has 1 aromatic rings. The minimum Gasteiger partial charge on any atom is -0.395 e. The number of thioether (sulfide) groups is 1. The van der Waals surface area contributed by atoms with Crippen molar-refractivity contribution in [1.29, 1.82) is 5.26 Å². The van der Waals surface area contributed by atoms with Gasteiger partial charge in [-0.15, -0.1) is 0 Å². The SMILES string of the molecule is CC1(CNc2nccc(C#N)c2N)CCCS1. The summed E-state index contributed by atoms with van der Waals surface area (Å²) >= 11 is 1.98. The van der Waals surface area contributed by atoms with Gasteiger partial charge >= 0.3 is 0 Å². The average Bonchev–Trinajstić information content (AvgIpc) is 2.75. The summed E-state index contributed by atoms with van der Waals surface area (Å²) in [5, 5.41) is 12.1. The van der Waals surface area contributed by atoms with E-state index in [0.717, 1.165) is 6.54 Å². The number of nitriles is 1. The molecular formula is C12H16N4S. The fourth-order valence-electron chi connectivity index (χ4n) is 1.96. The van der Waals surface area contributed by atoms with Gasteiger partial charge in [-0.3, -0.25) is 0 Å².